The first kappa shape index (κ1) is 12.5. The maximum absolute atomic E-state index is 10.9. The van der Waals surface area contributed by atoms with Crippen LogP contribution in [-0.2, 0) is 4.79 Å². The van der Waals surface area contributed by atoms with Gasteiger partial charge in [-0.2, -0.15) is 0 Å². The largest absolute Gasteiger partial charge is 0.378 e. The van der Waals surface area contributed by atoms with E-state index in [1.54, 1.807) is 13.0 Å². The zero-order chi connectivity index (χ0) is 12.3. The van der Waals surface area contributed by atoms with Gasteiger partial charge in [0.1, 0.15) is 0 Å². The van der Waals surface area contributed by atoms with Crippen LogP contribution in [0.3, 0.4) is 0 Å². The molecule has 0 fully saturated rings. The molecule has 0 heterocycles. The first-order valence-electron chi connectivity index (χ1n) is 5.39. The van der Waals surface area contributed by atoms with Gasteiger partial charge < -0.3 is 4.90 Å². The van der Waals surface area contributed by atoms with Crippen LogP contribution in [0.25, 0.3) is 6.08 Å². The third-order valence-electron chi connectivity index (χ3n) is 2.58. The Hall–Kier alpha value is -1.57. The molecule has 1 aromatic carbocycles. The quantitative estimate of drug-likeness (QED) is 0.725. The maximum Gasteiger partial charge on any atom is 0.152 e. The number of hydrogen-bond donors (Lipinski definition) is 0. The molecule has 0 spiro atoms. The first-order valence-corrected chi connectivity index (χ1v) is 5.39. The van der Waals surface area contributed by atoms with E-state index in [4.69, 9.17) is 0 Å². The zero-order valence-electron chi connectivity index (χ0n) is 10.7. The predicted octanol–water partition coefficient (Wildman–Crippen LogP) is 2.97. The fraction of sp³-hybridized carbons (Fsp3) is 0.357. The Morgan fingerprint density at radius 3 is 2.06 bits per heavy atom. The van der Waals surface area contributed by atoms with Crippen LogP contribution in [0.1, 0.15) is 23.6 Å². The molecule has 0 unspecified atom stereocenters. The predicted molar refractivity (Wildman–Crippen MR) is 70.0 cm³/mol. The standard InChI is InChI=1S/C14H19NO/c1-10-8-13(15(4)5)9-11(2)14(10)7-6-12(3)16/h6-9H,1-5H3. The van der Waals surface area contributed by atoms with Crippen molar-refractivity contribution in [3.05, 3.63) is 34.9 Å². The number of anilines is 1. The number of benzene rings is 1. The molecule has 0 N–H and O–H groups in total. The summed E-state index contributed by atoms with van der Waals surface area (Å²) in [5, 5.41) is 0. The molecule has 0 aromatic heterocycles. The molecule has 0 aliphatic carbocycles. The smallest absolute Gasteiger partial charge is 0.152 e. The van der Waals surface area contributed by atoms with Crippen LogP contribution in [0.2, 0.25) is 0 Å². The van der Waals surface area contributed by atoms with Crippen molar-refractivity contribution in [2.45, 2.75) is 20.8 Å². The second kappa shape index (κ2) is 4.97. The van der Waals surface area contributed by atoms with Crippen molar-refractivity contribution in [1.29, 1.82) is 0 Å². The minimum Gasteiger partial charge on any atom is -0.378 e. The molecule has 0 radical (unpaired) electrons. The van der Waals surface area contributed by atoms with Gasteiger partial charge in [0.25, 0.3) is 0 Å². The SMILES string of the molecule is CC(=O)C=Cc1c(C)cc(N(C)C)cc1C. The molecule has 16 heavy (non-hydrogen) atoms. The molecule has 1 rings (SSSR count). The fourth-order valence-electron chi connectivity index (χ4n) is 1.67. The van der Waals surface area contributed by atoms with Crippen LogP contribution in [0.4, 0.5) is 5.69 Å². The van der Waals surface area contributed by atoms with Crippen LogP contribution >= 0.6 is 0 Å². The number of allylic oxidation sites excluding steroid dienone is 1. The lowest BCUT2D eigenvalue weighted by Gasteiger charge is -2.16. The summed E-state index contributed by atoms with van der Waals surface area (Å²) in [6.07, 6.45) is 3.51. The van der Waals surface area contributed by atoms with Gasteiger partial charge in [0.2, 0.25) is 0 Å². The Kier molecular flexibility index (Phi) is 3.88. The minimum absolute atomic E-state index is 0.0792. The van der Waals surface area contributed by atoms with Gasteiger partial charge >= 0.3 is 0 Å². The van der Waals surface area contributed by atoms with E-state index in [2.05, 4.69) is 30.9 Å². The molecule has 0 bridgehead atoms. The Morgan fingerprint density at radius 1 is 1.19 bits per heavy atom. The van der Waals surface area contributed by atoms with Gasteiger partial charge in [0.05, 0.1) is 0 Å². The van der Waals surface area contributed by atoms with Gasteiger partial charge in [-0.3, -0.25) is 4.79 Å². The molecule has 2 heteroatoms. The molecule has 1 aromatic rings. The topological polar surface area (TPSA) is 20.3 Å². The lowest BCUT2D eigenvalue weighted by Crippen LogP contribution is -2.09. The highest BCUT2D eigenvalue weighted by molar-refractivity contribution is 5.92. The van der Waals surface area contributed by atoms with Gasteiger partial charge in [-0.1, -0.05) is 6.08 Å². The Morgan fingerprint density at radius 2 is 1.69 bits per heavy atom. The number of carbonyl (C=O) groups is 1. The molecule has 86 valence electrons. The monoisotopic (exact) mass is 217 g/mol. The average molecular weight is 217 g/mol. The summed E-state index contributed by atoms with van der Waals surface area (Å²) in [6, 6.07) is 4.26. The molecule has 0 saturated heterocycles. The summed E-state index contributed by atoms with van der Waals surface area (Å²) in [7, 11) is 4.05. The first-order chi connectivity index (χ1) is 7.41. The minimum atomic E-state index is 0.0792. The molecule has 0 aliphatic heterocycles. The highest BCUT2D eigenvalue weighted by Crippen LogP contribution is 2.22. The van der Waals surface area contributed by atoms with E-state index in [0.29, 0.717) is 0 Å². The normalized spacial score (nSPS) is 10.8. The van der Waals surface area contributed by atoms with Crippen molar-refractivity contribution in [3.8, 4) is 0 Å². The molecule has 0 atom stereocenters. The second-order valence-corrected chi connectivity index (χ2v) is 4.33. The molecular formula is C14H19NO. The van der Waals surface area contributed by atoms with Crippen molar-refractivity contribution in [3.63, 3.8) is 0 Å². The van der Waals surface area contributed by atoms with Crippen molar-refractivity contribution in [2.24, 2.45) is 0 Å². The van der Waals surface area contributed by atoms with Crippen LogP contribution in [-0.4, -0.2) is 19.9 Å². The van der Waals surface area contributed by atoms with Crippen LogP contribution in [0, 0.1) is 13.8 Å². The van der Waals surface area contributed by atoms with Gasteiger partial charge in [0.15, 0.2) is 5.78 Å². The van der Waals surface area contributed by atoms with Crippen molar-refractivity contribution >= 4 is 17.5 Å². The summed E-state index contributed by atoms with van der Waals surface area (Å²) >= 11 is 0. The lowest BCUT2D eigenvalue weighted by molar-refractivity contribution is -0.112. The summed E-state index contributed by atoms with van der Waals surface area (Å²) in [6.45, 7) is 5.70. The zero-order valence-corrected chi connectivity index (χ0v) is 10.7. The van der Waals surface area contributed by atoms with E-state index in [-0.39, 0.29) is 5.78 Å². The van der Waals surface area contributed by atoms with E-state index in [0.717, 1.165) is 5.56 Å². The Labute approximate surface area is 97.6 Å². The number of nitrogens with zero attached hydrogens (tertiary/aromatic N) is 1. The number of rotatable bonds is 3. The average Bonchev–Trinajstić information content (AvgIpc) is 2.15. The number of carbonyl (C=O) groups excluding carboxylic acids is 1. The molecular weight excluding hydrogens is 198 g/mol. The summed E-state index contributed by atoms with van der Waals surface area (Å²) in [5.41, 5.74) is 4.72. The van der Waals surface area contributed by atoms with E-state index in [9.17, 15) is 4.79 Å². The van der Waals surface area contributed by atoms with Crippen LogP contribution in [0.5, 0.6) is 0 Å². The van der Waals surface area contributed by atoms with Gasteiger partial charge in [-0.05, 0) is 55.7 Å². The fourth-order valence-corrected chi connectivity index (χ4v) is 1.67. The summed E-state index contributed by atoms with van der Waals surface area (Å²) in [5.74, 6) is 0.0792. The third kappa shape index (κ3) is 2.96. The van der Waals surface area contributed by atoms with Crippen LogP contribution in [0.15, 0.2) is 18.2 Å². The molecule has 0 amide bonds. The third-order valence-corrected chi connectivity index (χ3v) is 2.58. The molecule has 2 nitrogen and oxygen atoms in total. The highest BCUT2D eigenvalue weighted by atomic mass is 16.1. The molecule has 0 aliphatic rings. The van der Waals surface area contributed by atoms with Crippen LogP contribution < -0.4 is 4.90 Å². The Balaban J connectivity index is 3.17. The maximum atomic E-state index is 10.9. The molecule has 0 saturated carbocycles. The summed E-state index contributed by atoms with van der Waals surface area (Å²) in [4.78, 5) is 13.0. The van der Waals surface area contributed by atoms with Crippen molar-refractivity contribution in [1.82, 2.24) is 0 Å². The Bertz CT molecular complexity index is 407. The van der Waals surface area contributed by atoms with Gasteiger partial charge in [-0.25, -0.2) is 0 Å². The lowest BCUT2D eigenvalue weighted by atomic mass is 10.0. The van der Waals surface area contributed by atoms with Gasteiger partial charge in [-0.15, -0.1) is 0 Å². The van der Waals surface area contributed by atoms with E-state index < -0.39 is 0 Å². The number of ketones is 1. The van der Waals surface area contributed by atoms with Crippen molar-refractivity contribution < 1.29 is 4.79 Å². The van der Waals surface area contributed by atoms with Gasteiger partial charge in [0, 0.05) is 19.8 Å². The number of aryl methyl sites for hydroxylation is 2. The second-order valence-electron chi connectivity index (χ2n) is 4.33. The van der Waals surface area contributed by atoms with E-state index in [1.165, 1.54) is 16.8 Å². The van der Waals surface area contributed by atoms with E-state index >= 15 is 0 Å². The number of hydrogen-bond acceptors (Lipinski definition) is 2. The van der Waals surface area contributed by atoms with E-state index in [1.807, 2.05) is 20.2 Å². The summed E-state index contributed by atoms with van der Waals surface area (Å²) < 4.78 is 0. The highest BCUT2D eigenvalue weighted by Gasteiger charge is 2.03. The van der Waals surface area contributed by atoms with Crippen molar-refractivity contribution in [2.75, 3.05) is 19.0 Å².